The Labute approximate surface area is 94.6 Å². The van der Waals surface area contributed by atoms with Crippen LogP contribution in [0.3, 0.4) is 0 Å². The summed E-state index contributed by atoms with van der Waals surface area (Å²) in [6, 6.07) is 0. The van der Waals surface area contributed by atoms with Crippen molar-refractivity contribution < 1.29 is 27.8 Å². The topological polar surface area (TPSA) is 78.4 Å². The van der Waals surface area contributed by atoms with E-state index in [1.54, 1.807) is 0 Å². The van der Waals surface area contributed by atoms with E-state index in [0.717, 1.165) is 20.2 Å². The van der Waals surface area contributed by atoms with Crippen LogP contribution in [0, 0.1) is 0 Å². The van der Waals surface area contributed by atoms with Crippen LogP contribution in [0.25, 0.3) is 0 Å². The van der Waals surface area contributed by atoms with Crippen molar-refractivity contribution in [2.24, 2.45) is 0 Å². The van der Waals surface area contributed by atoms with E-state index >= 15 is 0 Å². The van der Waals surface area contributed by atoms with E-state index in [1.807, 2.05) is 0 Å². The minimum atomic E-state index is -3.89. The maximum absolute atomic E-state index is 13.3. The number of nitrogens with zero attached hydrogens (tertiary/aromatic N) is 2. The number of methoxy groups -OCH3 is 1. The third kappa shape index (κ3) is 2.92. The van der Waals surface area contributed by atoms with Crippen molar-refractivity contribution >= 4 is 11.9 Å². The number of ether oxygens (including phenoxy) is 2. The summed E-state index contributed by atoms with van der Waals surface area (Å²) in [6.45, 7) is 1.12. The van der Waals surface area contributed by atoms with Gasteiger partial charge in [-0.05, 0) is 0 Å². The summed E-state index contributed by atoms with van der Waals surface area (Å²) in [5, 5.41) is 0. The molecule has 0 aliphatic rings. The van der Waals surface area contributed by atoms with Gasteiger partial charge in [-0.15, -0.1) is 0 Å². The molecular formula is C9H8F2N2O4. The van der Waals surface area contributed by atoms with E-state index in [9.17, 15) is 18.4 Å². The predicted molar refractivity (Wildman–Crippen MR) is 49.3 cm³/mol. The number of hydrogen-bond acceptors (Lipinski definition) is 6. The van der Waals surface area contributed by atoms with Gasteiger partial charge in [0.05, 0.1) is 19.5 Å². The average Bonchev–Trinajstić information content (AvgIpc) is 2.27. The number of halogens is 2. The van der Waals surface area contributed by atoms with E-state index in [0.29, 0.717) is 6.20 Å². The molecule has 0 saturated heterocycles. The zero-order chi connectivity index (χ0) is 13.1. The Morgan fingerprint density at radius 2 is 1.94 bits per heavy atom. The highest BCUT2D eigenvalue weighted by Gasteiger charge is 2.44. The predicted octanol–water partition coefficient (Wildman–Crippen LogP) is 0.667. The molecule has 0 aliphatic carbocycles. The van der Waals surface area contributed by atoms with Gasteiger partial charge in [0, 0.05) is 6.92 Å². The molecule has 0 aliphatic heterocycles. The number of carbonyl (C=O) groups excluding carboxylic acids is 2. The lowest BCUT2D eigenvalue weighted by Gasteiger charge is -2.12. The van der Waals surface area contributed by atoms with Gasteiger partial charge in [0.15, 0.2) is 0 Å². The minimum absolute atomic E-state index is 0.234. The highest BCUT2D eigenvalue weighted by atomic mass is 19.3. The molecule has 0 spiro atoms. The van der Waals surface area contributed by atoms with E-state index in [-0.39, 0.29) is 5.88 Å². The molecule has 1 heterocycles. The van der Waals surface area contributed by atoms with Crippen LogP contribution in [-0.4, -0.2) is 29.0 Å². The molecule has 0 aromatic carbocycles. The zero-order valence-electron chi connectivity index (χ0n) is 8.94. The normalized spacial score (nSPS) is 10.8. The lowest BCUT2D eigenvalue weighted by molar-refractivity contribution is -0.171. The second kappa shape index (κ2) is 4.81. The Balaban J connectivity index is 2.94. The first-order chi connectivity index (χ1) is 7.87. The molecule has 0 fully saturated rings. The molecule has 0 N–H and O–H groups in total. The van der Waals surface area contributed by atoms with Crippen LogP contribution in [0.15, 0.2) is 12.4 Å². The molecule has 1 rings (SSSR count). The van der Waals surface area contributed by atoms with E-state index in [2.05, 4.69) is 19.4 Å². The second-order valence-electron chi connectivity index (χ2n) is 2.90. The van der Waals surface area contributed by atoms with Crippen LogP contribution >= 0.6 is 0 Å². The van der Waals surface area contributed by atoms with Gasteiger partial charge in [0.25, 0.3) is 0 Å². The van der Waals surface area contributed by atoms with Crippen molar-refractivity contribution in [2.75, 3.05) is 7.11 Å². The number of aromatic nitrogens is 2. The summed E-state index contributed by atoms with van der Waals surface area (Å²) >= 11 is 0. The van der Waals surface area contributed by atoms with Crippen LogP contribution < -0.4 is 4.74 Å². The monoisotopic (exact) mass is 246 g/mol. The second-order valence-corrected chi connectivity index (χ2v) is 2.90. The van der Waals surface area contributed by atoms with E-state index in [1.165, 1.54) is 0 Å². The molecular weight excluding hydrogens is 238 g/mol. The molecule has 0 unspecified atom stereocenters. The van der Waals surface area contributed by atoms with Crippen molar-refractivity contribution in [1.82, 2.24) is 9.97 Å². The van der Waals surface area contributed by atoms with Crippen LogP contribution in [-0.2, 0) is 20.2 Å². The molecule has 0 radical (unpaired) electrons. The maximum atomic E-state index is 13.3. The Morgan fingerprint density at radius 3 is 2.35 bits per heavy atom. The van der Waals surface area contributed by atoms with Gasteiger partial charge in [-0.25, -0.2) is 14.8 Å². The molecule has 17 heavy (non-hydrogen) atoms. The Hall–Kier alpha value is -2.12. The van der Waals surface area contributed by atoms with Gasteiger partial charge in [-0.3, -0.25) is 4.79 Å². The molecule has 0 amide bonds. The highest BCUT2D eigenvalue weighted by Crippen LogP contribution is 2.27. The Bertz CT molecular complexity index is 433. The number of alkyl halides is 2. The van der Waals surface area contributed by atoms with E-state index in [4.69, 9.17) is 0 Å². The highest BCUT2D eigenvalue weighted by molar-refractivity contribution is 5.78. The fourth-order valence-corrected chi connectivity index (χ4v) is 0.911. The largest absolute Gasteiger partial charge is 0.464 e. The molecule has 0 saturated carbocycles. The molecule has 92 valence electrons. The van der Waals surface area contributed by atoms with Crippen molar-refractivity contribution in [1.29, 1.82) is 0 Å². The summed E-state index contributed by atoms with van der Waals surface area (Å²) < 4.78 is 34.9. The molecule has 0 bridgehead atoms. The standard InChI is InChI=1S/C9H8F2N2O4/c1-5(14)17-7-4-12-6(3-13-7)9(10,11)8(15)16-2/h3-4H,1-2H3. The first-order valence-corrected chi connectivity index (χ1v) is 4.35. The first-order valence-electron chi connectivity index (χ1n) is 4.35. The van der Waals surface area contributed by atoms with Gasteiger partial charge in [-0.1, -0.05) is 0 Å². The zero-order valence-corrected chi connectivity index (χ0v) is 8.94. The fourth-order valence-electron chi connectivity index (χ4n) is 0.911. The Kier molecular flexibility index (Phi) is 3.66. The number of rotatable bonds is 3. The summed E-state index contributed by atoms with van der Waals surface area (Å²) in [7, 11) is 0.830. The van der Waals surface area contributed by atoms with Gasteiger partial charge < -0.3 is 9.47 Å². The lowest BCUT2D eigenvalue weighted by Crippen LogP contribution is -2.28. The average molecular weight is 246 g/mol. The Morgan fingerprint density at radius 1 is 1.29 bits per heavy atom. The van der Waals surface area contributed by atoms with Crippen LogP contribution in [0.4, 0.5) is 8.78 Å². The molecule has 1 aromatic rings. The number of hydrogen-bond donors (Lipinski definition) is 0. The van der Waals surface area contributed by atoms with Crippen molar-refractivity contribution in [3.05, 3.63) is 18.1 Å². The summed E-state index contributed by atoms with van der Waals surface area (Å²) in [5.74, 6) is -6.53. The third-order valence-corrected chi connectivity index (χ3v) is 1.64. The van der Waals surface area contributed by atoms with Crippen LogP contribution in [0.2, 0.25) is 0 Å². The maximum Gasteiger partial charge on any atom is 0.385 e. The number of esters is 2. The SMILES string of the molecule is COC(=O)C(F)(F)c1cnc(OC(C)=O)cn1. The van der Waals surface area contributed by atoms with Gasteiger partial charge in [0.2, 0.25) is 5.88 Å². The number of carbonyl (C=O) groups is 2. The first kappa shape index (κ1) is 12.9. The quantitative estimate of drug-likeness (QED) is 0.729. The lowest BCUT2D eigenvalue weighted by atomic mass is 10.2. The molecule has 1 aromatic heterocycles. The van der Waals surface area contributed by atoms with Crippen molar-refractivity contribution in [3.63, 3.8) is 0 Å². The van der Waals surface area contributed by atoms with Crippen molar-refractivity contribution in [2.45, 2.75) is 12.8 Å². The molecule has 0 atom stereocenters. The summed E-state index contributed by atoms with van der Waals surface area (Å²) in [6.07, 6.45) is 1.45. The summed E-state index contributed by atoms with van der Waals surface area (Å²) in [5.41, 5.74) is -0.889. The van der Waals surface area contributed by atoms with Gasteiger partial charge in [0.1, 0.15) is 5.69 Å². The third-order valence-electron chi connectivity index (χ3n) is 1.64. The van der Waals surface area contributed by atoms with Gasteiger partial charge >= 0.3 is 17.9 Å². The fraction of sp³-hybridized carbons (Fsp3) is 0.333. The molecule has 8 heteroatoms. The van der Waals surface area contributed by atoms with E-state index < -0.39 is 23.6 Å². The van der Waals surface area contributed by atoms with Crippen molar-refractivity contribution in [3.8, 4) is 5.88 Å². The smallest absolute Gasteiger partial charge is 0.385 e. The van der Waals surface area contributed by atoms with Crippen LogP contribution in [0.5, 0.6) is 5.88 Å². The minimum Gasteiger partial charge on any atom is -0.464 e. The van der Waals surface area contributed by atoms with Crippen LogP contribution in [0.1, 0.15) is 12.6 Å². The van der Waals surface area contributed by atoms with Gasteiger partial charge in [-0.2, -0.15) is 8.78 Å². The summed E-state index contributed by atoms with van der Waals surface area (Å²) in [4.78, 5) is 28.0. The molecule has 6 nitrogen and oxygen atoms in total.